The average molecular weight is 182 g/mol. The van der Waals surface area contributed by atoms with Crippen LogP contribution in [0, 0.1) is 0 Å². The Balaban J connectivity index is 2.64. The first-order chi connectivity index (χ1) is 6.00. The number of aromatic nitrogens is 2. The zero-order valence-electron chi connectivity index (χ0n) is 8.78. The number of nitrogen functional groups attached to an aromatic ring is 1. The molecule has 2 N–H and O–H groups in total. The number of hydrogen-bond acceptors (Lipinski definition) is 3. The normalized spacial score (nSPS) is 11.5. The van der Waals surface area contributed by atoms with Crippen molar-refractivity contribution >= 4 is 5.82 Å². The highest BCUT2D eigenvalue weighted by Crippen LogP contribution is 2.07. The van der Waals surface area contributed by atoms with Crippen LogP contribution in [0.1, 0.15) is 19.5 Å². The molecule has 0 saturated heterocycles. The molecule has 1 heterocycles. The number of nitrogens with zero attached hydrogens (tertiary/aromatic N) is 3. The molecule has 0 unspecified atom stereocenters. The molecule has 1 rings (SSSR count). The van der Waals surface area contributed by atoms with Crippen LogP contribution in [0.2, 0.25) is 0 Å². The minimum Gasteiger partial charge on any atom is -0.384 e. The van der Waals surface area contributed by atoms with Gasteiger partial charge in [0.1, 0.15) is 5.82 Å². The quantitative estimate of drug-likeness (QED) is 0.753. The Kier molecular flexibility index (Phi) is 2.93. The van der Waals surface area contributed by atoms with Gasteiger partial charge in [0, 0.05) is 25.7 Å². The standard InChI is InChI=1S/C9H18N4/c1-7(2)12(3)6-8-5-9(10)13(4)11-8/h5,7H,6,10H2,1-4H3. The molecule has 13 heavy (non-hydrogen) atoms. The maximum atomic E-state index is 5.67. The third-order valence-electron chi connectivity index (χ3n) is 2.26. The molecule has 0 radical (unpaired) electrons. The van der Waals surface area contributed by atoms with Gasteiger partial charge in [0.25, 0.3) is 0 Å². The van der Waals surface area contributed by atoms with Crippen molar-refractivity contribution in [2.24, 2.45) is 7.05 Å². The fraction of sp³-hybridized carbons (Fsp3) is 0.667. The third kappa shape index (κ3) is 2.45. The Bertz CT molecular complexity index is 258. The van der Waals surface area contributed by atoms with Crippen LogP contribution in [-0.4, -0.2) is 27.8 Å². The molecule has 74 valence electrons. The molecule has 0 aliphatic carbocycles. The smallest absolute Gasteiger partial charge is 0.121 e. The number of hydrogen-bond donors (Lipinski definition) is 1. The lowest BCUT2D eigenvalue weighted by Gasteiger charge is -2.19. The lowest BCUT2D eigenvalue weighted by Crippen LogP contribution is -2.25. The fourth-order valence-corrected chi connectivity index (χ4v) is 1.06. The molecule has 0 aliphatic rings. The van der Waals surface area contributed by atoms with E-state index in [0.29, 0.717) is 11.9 Å². The fourth-order valence-electron chi connectivity index (χ4n) is 1.06. The van der Waals surface area contributed by atoms with Crippen molar-refractivity contribution in [1.82, 2.24) is 14.7 Å². The number of aryl methyl sites for hydroxylation is 1. The largest absolute Gasteiger partial charge is 0.384 e. The van der Waals surface area contributed by atoms with E-state index in [1.54, 1.807) is 4.68 Å². The Morgan fingerprint density at radius 3 is 2.62 bits per heavy atom. The van der Waals surface area contributed by atoms with E-state index in [1.807, 2.05) is 13.1 Å². The van der Waals surface area contributed by atoms with E-state index in [2.05, 4.69) is 30.9 Å². The molecule has 1 aromatic heterocycles. The van der Waals surface area contributed by atoms with E-state index in [0.717, 1.165) is 12.2 Å². The van der Waals surface area contributed by atoms with Crippen LogP contribution in [0.3, 0.4) is 0 Å². The van der Waals surface area contributed by atoms with Gasteiger partial charge in [-0.15, -0.1) is 0 Å². The summed E-state index contributed by atoms with van der Waals surface area (Å²) in [6, 6.07) is 2.45. The minimum atomic E-state index is 0.531. The van der Waals surface area contributed by atoms with Crippen molar-refractivity contribution in [3.63, 3.8) is 0 Å². The second-order valence-electron chi connectivity index (χ2n) is 3.69. The van der Waals surface area contributed by atoms with Crippen molar-refractivity contribution < 1.29 is 0 Å². The number of anilines is 1. The second kappa shape index (κ2) is 3.79. The number of nitrogens with two attached hydrogens (primary N) is 1. The number of rotatable bonds is 3. The van der Waals surface area contributed by atoms with Gasteiger partial charge >= 0.3 is 0 Å². The van der Waals surface area contributed by atoms with Crippen LogP contribution in [0.5, 0.6) is 0 Å². The summed E-state index contributed by atoms with van der Waals surface area (Å²) in [5.74, 6) is 0.715. The summed E-state index contributed by atoms with van der Waals surface area (Å²) >= 11 is 0. The van der Waals surface area contributed by atoms with Gasteiger partial charge in [-0.1, -0.05) is 0 Å². The lowest BCUT2D eigenvalue weighted by atomic mass is 10.3. The molecule has 0 saturated carbocycles. The van der Waals surface area contributed by atoms with Crippen molar-refractivity contribution in [3.05, 3.63) is 11.8 Å². The van der Waals surface area contributed by atoms with E-state index < -0.39 is 0 Å². The summed E-state index contributed by atoms with van der Waals surface area (Å²) in [5, 5.41) is 4.28. The third-order valence-corrected chi connectivity index (χ3v) is 2.26. The van der Waals surface area contributed by atoms with E-state index >= 15 is 0 Å². The van der Waals surface area contributed by atoms with Gasteiger partial charge in [0.05, 0.1) is 5.69 Å². The van der Waals surface area contributed by atoms with Gasteiger partial charge in [0.2, 0.25) is 0 Å². The summed E-state index contributed by atoms with van der Waals surface area (Å²) in [6.07, 6.45) is 0. The van der Waals surface area contributed by atoms with Crippen molar-refractivity contribution in [2.45, 2.75) is 26.4 Å². The second-order valence-corrected chi connectivity index (χ2v) is 3.69. The summed E-state index contributed by atoms with van der Waals surface area (Å²) in [6.45, 7) is 5.17. The van der Waals surface area contributed by atoms with Crippen LogP contribution in [-0.2, 0) is 13.6 Å². The van der Waals surface area contributed by atoms with E-state index in [1.165, 1.54) is 0 Å². The highest BCUT2D eigenvalue weighted by atomic mass is 15.3. The molecule has 0 aliphatic heterocycles. The summed E-state index contributed by atoms with van der Waals surface area (Å²) in [4.78, 5) is 2.22. The van der Waals surface area contributed by atoms with Gasteiger partial charge in [-0.05, 0) is 20.9 Å². The Morgan fingerprint density at radius 2 is 2.23 bits per heavy atom. The monoisotopic (exact) mass is 182 g/mol. The topological polar surface area (TPSA) is 47.1 Å². The molecule has 4 heteroatoms. The summed E-state index contributed by atoms with van der Waals surface area (Å²) in [5.41, 5.74) is 6.70. The van der Waals surface area contributed by atoms with Crippen LogP contribution >= 0.6 is 0 Å². The molecule has 4 nitrogen and oxygen atoms in total. The van der Waals surface area contributed by atoms with Gasteiger partial charge in [-0.3, -0.25) is 9.58 Å². The zero-order valence-corrected chi connectivity index (χ0v) is 8.78. The highest BCUT2D eigenvalue weighted by molar-refractivity contribution is 5.30. The van der Waals surface area contributed by atoms with Crippen LogP contribution in [0.15, 0.2) is 6.07 Å². The van der Waals surface area contributed by atoms with Crippen LogP contribution in [0.25, 0.3) is 0 Å². The SMILES string of the molecule is CC(C)N(C)Cc1cc(N)n(C)n1. The van der Waals surface area contributed by atoms with Gasteiger partial charge in [-0.2, -0.15) is 5.10 Å². The van der Waals surface area contributed by atoms with E-state index in [-0.39, 0.29) is 0 Å². The molecular weight excluding hydrogens is 164 g/mol. The van der Waals surface area contributed by atoms with Crippen molar-refractivity contribution in [2.75, 3.05) is 12.8 Å². The van der Waals surface area contributed by atoms with Crippen LogP contribution in [0.4, 0.5) is 5.82 Å². The molecule has 0 amide bonds. The highest BCUT2D eigenvalue weighted by Gasteiger charge is 2.07. The Morgan fingerprint density at radius 1 is 1.62 bits per heavy atom. The van der Waals surface area contributed by atoms with Gasteiger partial charge in [-0.25, -0.2) is 0 Å². The maximum absolute atomic E-state index is 5.67. The maximum Gasteiger partial charge on any atom is 0.121 e. The first kappa shape index (κ1) is 10.1. The molecular formula is C9H18N4. The molecule has 0 atom stereocenters. The predicted molar refractivity (Wildman–Crippen MR) is 54.2 cm³/mol. The molecule has 0 bridgehead atoms. The molecule has 1 aromatic rings. The first-order valence-corrected chi connectivity index (χ1v) is 4.49. The van der Waals surface area contributed by atoms with Gasteiger partial charge in [0.15, 0.2) is 0 Å². The van der Waals surface area contributed by atoms with Gasteiger partial charge < -0.3 is 5.73 Å². The molecule has 0 spiro atoms. The summed E-state index contributed by atoms with van der Waals surface area (Å²) in [7, 11) is 3.93. The average Bonchev–Trinajstić information content (AvgIpc) is 2.31. The van der Waals surface area contributed by atoms with Crippen molar-refractivity contribution in [1.29, 1.82) is 0 Å². The summed E-state index contributed by atoms with van der Waals surface area (Å²) < 4.78 is 1.70. The van der Waals surface area contributed by atoms with Crippen LogP contribution < -0.4 is 5.73 Å². The molecule has 0 aromatic carbocycles. The van der Waals surface area contributed by atoms with Crippen molar-refractivity contribution in [3.8, 4) is 0 Å². The van der Waals surface area contributed by atoms with E-state index in [9.17, 15) is 0 Å². The lowest BCUT2D eigenvalue weighted by molar-refractivity contribution is 0.262. The predicted octanol–water partition coefficient (Wildman–Crippen LogP) is 0.842. The zero-order chi connectivity index (χ0) is 10.0. The molecule has 0 fully saturated rings. The Labute approximate surface area is 79.3 Å². The minimum absolute atomic E-state index is 0.531. The van der Waals surface area contributed by atoms with E-state index in [4.69, 9.17) is 5.73 Å². The first-order valence-electron chi connectivity index (χ1n) is 4.49. The Hall–Kier alpha value is -1.03.